The lowest BCUT2D eigenvalue weighted by Crippen LogP contribution is -2.43. The summed E-state index contributed by atoms with van der Waals surface area (Å²) < 4.78 is 12.6. The van der Waals surface area contributed by atoms with E-state index < -0.39 is 28.8 Å². The van der Waals surface area contributed by atoms with Crippen LogP contribution < -0.4 is 8.85 Å². The molecule has 2 N–H and O–H groups in total. The molecule has 2 atom stereocenters. The molecular formula is C33H50O5Si2. The molecule has 2 aromatic rings. The van der Waals surface area contributed by atoms with Crippen molar-refractivity contribution in [3.05, 3.63) is 71.8 Å². The van der Waals surface area contributed by atoms with Crippen LogP contribution >= 0.6 is 0 Å². The molecule has 5 nitrogen and oxygen atoms in total. The molecular weight excluding hydrogens is 533 g/mol. The van der Waals surface area contributed by atoms with Crippen molar-refractivity contribution in [2.24, 2.45) is 0 Å². The Labute approximate surface area is 244 Å². The molecule has 7 heteroatoms. The molecule has 0 saturated carbocycles. The van der Waals surface area contributed by atoms with Crippen LogP contribution in [0.4, 0.5) is 0 Å². The monoisotopic (exact) mass is 582 g/mol. The van der Waals surface area contributed by atoms with Crippen LogP contribution in [-0.4, -0.2) is 44.8 Å². The second-order valence-corrected chi connectivity index (χ2v) is 23.1. The van der Waals surface area contributed by atoms with Crippen LogP contribution in [-0.2, 0) is 4.79 Å². The van der Waals surface area contributed by atoms with Gasteiger partial charge in [-0.2, -0.15) is 0 Å². The fourth-order valence-corrected chi connectivity index (χ4v) is 5.38. The highest BCUT2D eigenvalue weighted by atomic mass is 28.4. The van der Waals surface area contributed by atoms with Gasteiger partial charge in [0.15, 0.2) is 0 Å². The average Bonchev–Trinajstić information content (AvgIpc) is 2.81. The summed E-state index contributed by atoms with van der Waals surface area (Å²) in [6.45, 7) is 22.1. The predicted octanol–water partition coefficient (Wildman–Crippen LogP) is 8.25. The van der Waals surface area contributed by atoms with Gasteiger partial charge in [0.25, 0.3) is 0 Å². The number of aliphatic hydroxyl groups excluding tert-OH is 2. The summed E-state index contributed by atoms with van der Waals surface area (Å²) in [7, 11) is -3.80. The maximum Gasteiger partial charge on any atom is 0.250 e. The molecule has 0 radical (unpaired) electrons. The maximum absolute atomic E-state index is 12.4. The molecule has 0 spiro atoms. The van der Waals surface area contributed by atoms with Gasteiger partial charge in [-0.05, 0) is 71.7 Å². The topological polar surface area (TPSA) is 76.0 Å². The van der Waals surface area contributed by atoms with E-state index in [2.05, 4.69) is 67.7 Å². The molecule has 0 saturated heterocycles. The molecule has 0 amide bonds. The third-order valence-electron chi connectivity index (χ3n) is 8.01. The molecule has 40 heavy (non-hydrogen) atoms. The van der Waals surface area contributed by atoms with Gasteiger partial charge in [0.1, 0.15) is 17.3 Å². The minimum Gasteiger partial charge on any atom is -0.544 e. The van der Waals surface area contributed by atoms with E-state index >= 15 is 0 Å². The number of carbonyl (C=O) groups excluding carboxylic acids is 1. The summed E-state index contributed by atoms with van der Waals surface area (Å²) in [4.78, 5) is 12.4. The zero-order valence-electron chi connectivity index (χ0n) is 26.1. The first-order chi connectivity index (χ1) is 18.3. The lowest BCUT2D eigenvalue weighted by atomic mass is 10.0. The molecule has 220 valence electrons. The highest BCUT2D eigenvalue weighted by Gasteiger charge is 2.39. The molecule has 0 aliphatic heterocycles. The van der Waals surface area contributed by atoms with Gasteiger partial charge in [-0.15, -0.1) is 0 Å². The van der Waals surface area contributed by atoms with Crippen LogP contribution in [0.25, 0.3) is 12.2 Å². The van der Waals surface area contributed by atoms with Crippen molar-refractivity contribution < 1.29 is 23.9 Å². The quantitative estimate of drug-likeness (QED) is 0.246. The van der Waals surface area contributed by atoms with Gasteiger partial charge >= 0.3 is 0 Å². The van der Waals surface area contributed by atoms with E-state index in [-0.39, 0.29) is 28.7 Å². The van der Waals surface area contributed by atoms with Gasteiger partial charge in [0, 0.05) is 12.8 Å². The van der Waals surface area contributed by atoms with Crippen molar-refractivity contribution in [1.82, 2.24) is 0 Å². The minimum absolute atomic E-state index is 0.0482. The number of hydrogen-bond donors (Lipinski definition) is 2. The van der Waals surface area contributed by atoms with Crippen molar-refractivity contribution in [2.45, 2.75) is 103 Å². The largest absolute Gasteiger partial charge is 0.544 e. The Kier molecular flexibility index (Phi) is 11.4. The summed E-state index contributed by atoms with van der Waals surface area (Å²) in [5.41, 5.74) is 1.83. The molecule has 0 aromatic heterocycles. The van der Waals surface area contributed by atoms with Crippen molar-refractivity contribution in [3.8, 4) is 11.5 Å². The first-order valence-corrected chi connectivity index (χ1v) is 19.9. The van der Waals surface area contributed by atoms with E-state index in [1.807, 2.05) is 48.5 Å². The predicted molar refractivity (Wildman–Crippen MR) is 173 cm³/mol. The number of Topliss-reactive ketones (excluding diaryl/α,β-unsaturated/α-hetero) is 1. The van der Waals surface area contributed by atoms with Crippen molar-refractivity contribution in [3.63, 3.8) is 0 Å². The number of aliphatic hydroxyl groups is 2. The Bertz CT molecular complexity index is 1060. The fourth-order valence-electron chi connectivity index (χ4n) is 3.32. The summed E-state index contributed by atoms with van der Waals surface area (Å²) in [5, 5.41) is 20.9. The standard InChI is InChI=1S/C33H50O5Si2/c1-32(2,3)39(7,8)37-30-19-13-25(14-20-30)11-17-27(34)23-29(36)24-28(35)18-12-26-15-21-31(22-16-26)38-40(9,10)33(4,5)6/h11-22,27-28,34-35H,23-24H2,1-10H3/b17-11+,18-12+/t27-,28-/m0/s1. The van der Waals surface area contributed by atoms with E-state index in [9.17, 15) is 15.0 Å². The molecule has 2 aromatic carbocycles. The van der Waals surface area contributed by atoms with E-state index in [4.69, 9.17) is 8.85 Å². The molecule has 0 unspecified atom stereocenters. The van der Waals surface area contributed by atoms with Crippen molar-refractivity contribution in [2.75, 3.05) is 0 Å². The van der Waals surface area contributed by atoms with E-state index in [1.54, 1.807) is 24.3 Å². The van der Waals surface area contributed by atoms with Crippen LogP contribution in [0.2, 0.25) is 36.3 Å². The number of ketones is 1. The van der Waals surface area contributed by atoms with Crippen LogP contribution in [0.1, 0.15) is 65.5 Å². The normalized spacial score (nSPS) is 14.9. The highest BCUT2D eigenvalue weighted by Crippen LogP contribution is 2.38. The Morgan fingerprint density at radius 1 is 0.675 bits per heavy atom. The van der Waals surface area contributed by atoms with Crippen LogP contribution in [0.5, 0.6) is 11.5 Å². The van der Waals surface area contributed by atoms with E-state index in [0.29, 0.717) is 0 Å². The minimum atomic E-state index is -1.90. The zero-order valence-corrected chi connectivity index (χ0v) is 28.1. The average molecular weight is 583 g/mol. The number of benzene rings is 2. The van der Waals surface area contributed by atoms with Crippen molar-refractivity contribution in [1.29, 1.82) is 0 Å². The first kappa shape index (κ1) is 33.7. The summed E-state index contributed by atoms with van der Waals surface area (Å²) in [5.74, 6) is 1.49. The van der Waals surface area contributed by atoms with Crippen LogP contribution in [0.3, 0.4) is 0 Å². The highest BCUT2D eigenvalue weighted by molar-refractivity contribution is 6.75. The second-order valence-electron chi connectivity index (χ2n) is 13.7. The number of rotatable bonds is 12. The van der Waals surface area contributed by atoms with Gasteiger partial charge in [0.05, 0.1) is 12.2 Å². The molecule has 0 aliphatic rings. The zero-order chi connectivity index (χ0) is 30.4. The Morgan fingerprint density at radius 2 is 0.975 bits per heavy atom. The lowest BCUT2D eigenvalue weighted by Gasteiger charge is -2.36. The summed E-state index contributed by atoms with van der Waals surface area (Å²) >= 11 is 0. The molecule has 0 heterocycles. The SMILES string of the molecule is CC(C)(C)[Si](C)(C)Oc1ccc(/C=C/[C@H](O)CC(=O)C[C@@H](O)/C=C/c2ccc(O[Si](C)(C)C(C)(C)C)cc2)cc1. The molecule has 0 bridgehead atoms. The van der Waals surface area contributed by atoms with Crippen molar-refractivity contribution >= 4 is 34.6 Å². The molecule has 2 rings (SSSR count). The number of hydrogen-bond acceptors (Lipinski definition) is 5. The van der Waals surface area contributed by atoms with Gasteiger partial charge < -0.3 is 19.1 Å². The lowest BCUT2D eigenvalue weighted by molar-refractivity contribution is -0.121. The van der Waals surface area contributed by atoms with E-state index in [1.165, 1.54) is 0 Å². The van der Waals surface area contributed by atoms with Gasteiger partial charge in [-0.3, -0.25) is 4.79 Å². The third kappa shape index (κ3) is 10.5. The Balaban J connectivity index is 1.83. The third-order valence-corrected chi connectivity index (χ3v) is 16.7. The maximum atomic E-state index is 12.4. The Hall–Kier alpha value is -2.46. The summed E-state index contributed by atoms with van der Waals surface area (Å²) in [6, 6.07) is 15.5. The van der Waals surface area contributed by atoms with E-state index in [0.717, 1.165) is 22.6 Å². The summed E-state index contributed by atoms with van der Waals surface area (Å²) in [6.07, 6.45) is 4.88. The smallest absolute Gasteiger partial charge is 0.250 e. The fraction of sp³-hybridized carbons (Fsp3) is 0.485. The molecule has 0 fully saturated rings. The first-order valence-electron chi connectivity index (χ1n) is 14.1. The van der Waals surface area contributed by atoms with Gasteiger partial charge in [-0.25, -0.2) is 0 Å². The number of carbonyl (C=O) groups is 1. The van der Waals surface area contributed by atoms with Gasteiger partial charge in [-0.1, -0.05) is 90.1 Å². The Morgan fingerprint density at radius 3 is 1.25 bits per heavy atom. The van der Waals surface area contributed by atoms with Crippen LogP contribution in [0, 0.1) is 0 Å². The van der Waals surface area contributed by atoms with Crippen LogP contribution in [0.15, 0.2) is 60.7 Å². The van der Waals surface area contributed by atoms with Gasteiger partial charge in [0.2, 0.25) is 16.6 Å². The molecule has 0 aliphatic carbocycles. The second kappa shape index (κ2) is 13.5.